The third-order valence-electron chi connectivity index (χ3n) is 3.31. The van der Waals surface area contributed by atoms with Crippen molar-refractivity contribution in [1.82, 2.24) is 0 Å². The van der Waals surface area contributed by atoms with Crippen LogP contribution in [-0.4, -0.2) is 25.3 Å². The molecule has 0 aliphatic carbocycles. The molecular formula is C16H26O4S. The summed E-state index contributed by atoms with van der Waals surface area (Å²) in [5.74, 6) is 0.659. The maximum atomic E-state index is 10.6. The van der Waals surface area contributed by atoms with Crippen LogP contribution in [0.25, 0.3) is 0 Å². The van der Waals surface area contributed by atoms with Gasteiger partial charge in [0.2, 0.25) is 0 Å². The van der Waals surface area contributed by atoms with Gasteiger partial charge in [-0.3, -0.25) is 4.55 Å². The van der Waals surface area contributed by atoms with E-state index in [4.69, 9.17) is 9.29 Å². The zero-order valence-electron chi connectivity index (χ0n) is 12.8. The van der Waals surface area contributed by atoms with Crippen LogP contribution < -0.4 is 4.74 Å². The molecule has 0 bridgehead atoms. The van der Waals surface area contributed by atoms with E-state index in [-0.39, 0.29) is 5.75 Å². The van der Waals surface area contributed by atoms with E-state index in [0.29, 0.717) is 12.8 Å². The Balaban J connectivity index is 2.21. The average Bonchev–Trinajstić information content (AvgIpc) is 2.43. The molecule has 0 amide bonds. The van der Waals surface area contributed by atoms with Crippen LogP contribution in [-0.2, 0) is 16.5 Å². The first-order valence-electron chi connectivity index (χ1n) is 7.68. The summed E-state index contributed by atoms with van der Waals surface area (Å²) >= 11 is 0. The second-order valence-electron chi connectivity index (χ2n) is 5.30. The van der Waals surface area contributed by atoms with Gasteiger partial charge >= 0.3 is 0 Å². The van der Waals surface area contributed by atoms with Gasteiger partial charge in [0.1, 0.15) is 5.75 Å². The molecule has 0 aromatic heterocycles. The molecule has 0 atom stereocenters. The largest absolute Gasteiger partial charge is 0.494 e. The summed E-state index contributed by atoms with van der Waals surface area (Å²) in [5.41, 5.74) is 1.05. The lowest BCUT2D eigenvalue weighted by Crippen LogP contribution is -2.04. The molecule has 0 aliphatic heterocycles. The van der Waals surface area contributed by atoms with Crippen LogP contribution in [0.5, 0.6) is 5.75 Å². The molecule has 1 N–H and O–H groups in total. The molecule has 0 spiro atoms. The summed E-state index contributed by atoms with van der Waals surface area (Å²) < 4.78 is 35.6. The van der Waals surface area contributed by atoms with Gasteiger partial charge in [-0.25, -0.2) is 0 Å². The molecule has 4 nitrogen and oxygen atoms in total. The molecule has 1 aromatic carbocycles. The maximum absolute atomic E-state index is 10.6. The van der Waals surface area contributed by atoms with Crippen molar-refractivity contribution >= 4 is 10.1 Å². The number of ether oxygens (including phenoxy) is 1. The summed E-state index contributed by atoms with van der Waals surface area (Å²) in [6.45, 7) is 2.94. The molecule has 0 unspecified atom stereocenters. The molecule has 0 aliphatic rings. The van der Waals surface area contributed by atoms with Crippen LogP contribution in [0.3, 0.4) is 0 Å². The molecule has 21 heavy (non-hydrogen) atoms. The molecule has 0 saturated carbocycles. The summed E-state index contributed by atoms with van der Waals surface area (Å²) in [6, 6.07) is 7.70. The van der Waals surface area contributed by atoms with Crippen LogP contribution in [0.2, 0.25) is 0 Å². The van der Waals surface area contributed by atoms with Gasteiger partial charge in [0, 0.05) is 0 Å². The minimum Gasteiger partial charge on any atom is -0.494 e. The fourth-order valence-electron chi connectivity index (χ4n) is 2.11. The number of hydrogen-bond donors (Lipinski definition) is 1. The highest BCUT2D eigenvalue weighted by Crippen LogP contribution is 2.14. The number of benzene rings is 1. The Hall–Kier alpha value is -1.07. The lowest BCUT2D eigenvalue weighted by molar-refractivity contribution is 0.304. The Morgan fingerprint density at radius 2 is 1.67 bits per heavy atom. The molecule has 0 fully saturated rings. The fourth-order valence-corrected chi connectivity index (χ4v) is 2.62. The van der Waals surface area contributed by atoms with Gasteiger partial charge in [-0.15, -0.1) is 0 Å². The predicted octanol–water partition coefficient (Wildman–Crippen LogP) is 3.86. The van der Waals surface area contributed by atoms with E-state index in [1.165, 1.54) is 25.7 Å². The topological polar surface area (TPSA) is 63.6 Å². The van der Waals surface area contributed by atoms with Gasteiger partial charge in [-0.2, -0.15) is 8.42 Å². The summed E-state index contributed by atoms with van der Waals surface area (Å²) in [6.07, 6.45) is 7.16. The zero-order valence-corrected chi connectivity index (χ0v) is 13.6. The van der Waals surface area contributed by atoms with E-state index in [2.05, 4.69) is 6.92 Å². The highest BCUT2D eigenvalue weighted by Gasteiger charge is 2.04. The Morgan fingerprint density at radius 1 is 1.00 bits per heavy atom. The third-order valence-corrected chi connectivity index (χ3v) is 4.11. The monoisotopic (exact) mass is 314 g/mol. The van der Waals surface area contributed by atoms with Crippen molar-refractivity contribution in [2.24, 2.45) is 0 Å². The van der Waals surface area contributed by atoms with Crippen molar-refractivity contribution in [3.05, 3.63) is 29.8 Å². The van der Waals surface area contributed by atoms with Crippen molar-refractivity contribution in [3.63, 3.8) is 0 Å². The second-order valence-corrected chi connectivity index (χ2v) is 6.87. The first-order chi connectivity index (χ1) is 10.0. The Labute approximate surface area is 128 Å². The number of aryl methyl sites for hydroxylation is 1. The Bertz CT molecular complexity index is 480. The molecule has 0 saturated heterocycles. The molecule has 0 radical (unpaired) electrons. The summed E-state index contributed by atoms with van der Waals surface area (Å²) in [7, 11) is -3.85. The van der Waals surface area contributed by atoms with Crippen molar-refractivity contribution in [1.29, 1.82) is 0 Å². The van der Waals surface area contributed by atoms with Crippen molar-refractivity contribution in [3.8, 4) is 5.75 Å². The minimum absolute atomic E-state index is 0.191. The SMILES string of the molecule is CCCCCCCOc1ccc(CCCS(=O)(=O)O)cc1. The molecule has 1 rings (SSSR count). The average molecular weight is 314 g/mol. The van der Waals surface area contributed by atoms with Gasteiger partial charge in [-0.1, -0.05) is 44.7 Å². The highest BCUT2D eigenvalue weighted by molar-refractivity contribution is 7.85. The molecule has 5 heteroatoms. The predicted molar refractivity (Wildman–Crippen MR) is 85.4 cm³/mol. The van der Waals surface area contributed by atoms with Crippen LogP contribution in [0.1, 0.15) is 51.0 Å². The maximum Gasteiger partial charge on any atom is 0.264 e. The van der Waals surface area contributed by atoms with E-state index in [0.717, 1.165) is 24.3 Å². The van der Waals surface area contributed by atoms with Crippen molar-refractivity contribution in [2.75, 3.05) is 12.4 Å². The number of rotatable bonds is 11. The molecule has 0 heterocycles. The summed E-state index contributed by atoms with van der Waals surface area (Å²) in [5, 5.41) is 0. The van der Waals surface area contributed by atoms with Crippen LogP contribution in [0, 0.1) is 0 Å². The van der Waals surface area contributed by atoms with Crippen molar-refractivity contribution < 1.29 is 17.7 Å². The van der Waals surface area contributed by atoms with E-state index in [1.807, 2.05) is 24.3 Å². The first kappa shape index (κ1) is 18.0. The molecular weight excluding hydrogens is 288 g/mol. The lowest BCUT2D eigenvalue weighted by Gasteiger charge is -2.07. The Morgan fingerprint density at radius 3 is 2.29 bits per heavy atom. The quantitative estimate of drug-likeness (QED) is 0.497. The zero-order chi connectivity index (χ0) is 15.6. The van der Waals surface area contributed by atoms with Crippen molar-refractivity contribution in [2.45, 2.75) is 51.9 Å². The Kier molecular flexibility index (Phi) is 8.38. The standard InChI is InChI=1S/C16H26O4S/c1-2-3-4-5-6-13-20-16-11-9-15(10-12-16)8-7-14-21(17,18)19/h9-12H,2-8,13-14H2,1H3,(H,17,18,19). The summed E-state index contributed by atoms with van der Waals surface area (Å²) in [4.78, 5) is 0. The van der Waals surface area contributed by atoms with E-state index in [9.17, 15) is 8.42 Å². The van der Waals surface area contributed by atoms with Gasteiger partial charge in [0.15, 0.2) is 0 Å². The first-order valence-corrected chi connectivity index (χ1v) is 9.29. The van der Waals surface area contributed by atoms with Gasteiger partial charge in [0.05, 0.1) is 12.4 Å². The van der Waals surface area contributed by atoms with E-state index in [1.54, 1.807) is 0 Å². The molecule has 1 aromatic rings. The minimum atomic E-state index is -3.85. The number of unbranched alkanes of at least 4 members (excludes halogenated alkanes) is 4. The fraction of sp³-hybridized carbons (Fsp3) is 0.625. The number of hydrogen-bond acceptors (Lipinski definition) is 3. The van der Waals surface area contributed by atoms with E-state index >= 15 is 0 Å². The second kappa shape index (κ2) is 9.79. The lowest BCUT2D eigenvalue weighted by atomic mass is 10.1. The van der Waals surface area contributed by atoms with Gasteiger partial charge in [0.25, 0.3) is 10.1 Å². The highest BCUT2D eigenvalue weighted by atomic mass is 32.2. The van der Waals surface area contributed by atoms with Crippen LogP contribution in [0.4, 0.5) is 0 Å². The molecule has 120 valence electrons. The van der Waals surface area contributed by atoms with E-state index < -0.39 is 10.1 Å². The van der Waals surface area contributed by atoms with Gasteiger partial charge in [-0.05, 0) is 37.0 Å². The normalized spacial score (nSPS) is 11.5. The van der Waals surface area contributed by atoms with Crippen LogP contribution in [0.15, 0.2) is 24.3 Å². The third kappa shape index (κ3) is 9.47. The van der Waals surface area contributed by atoms with Crippen LogP contribution >= 0.6 is 0 Å². The smallest absolute Gasteiger partial charge is 0.264 e. The van der Waals surface area contributed by atoms with Gasteiger partial charge < -0.3 is 4.74 Å².